The third-order valence-corrected chi connectivity index (χ3v) is 4.86. The van der Waals surface area contributed by atoms with Gasteiger partial charge in [-0.2, -0.15) is 0 Å². The summed E-state index contributed by atoms with van der Waals surface area (Å²) in [5.41, 5.74) is 0.528. The Hall–Kier alpha value is -2.11. The lowest BCUT2D eigenvalue weighted by Gasteiger charge is -2.28. The summed E-state index contributed by atoms with van der Waals surface area (Å²) in [6, 6.07) is 5.16. The van der Waals surface area contributed by atoms with Crippen molar-refractivity contribution in [2.75, 3.05) is 11.9 Å². The van der Waals surface area contributed by atoms with Crippen LogP contribution in [0.25, 0.3) is 0 Å². The minimum Gasteiger partial charge on any atom is -0.352 e. The predicted octanol–water partition coefficient (Wildman–Crippen LogP) is 3.27. The summed E-state index contributed by atoms with van der Waals surface area (Å²) in [4.78, 5) is 26.6. The second-order valence-electron chi connectivity index (χ2n) is 6.63. The molecule has 0 spiro atoms. The first-order valence-corrected chi connectivity index (χ1v) is 8.77. The van der Waals surface area contributed by atoms with Crippen LogP contribution in [-0.2, 0) is 4.79 Å². The molecule has 0 aromatic heterocycles. The zero-order valence-corrected chi connectivity index (χ0v) is 13.8. The van der Waals surface area contributed by atoms with Crippen LogP contribution in [0, 0.1) is 5.82 Å². The predicted molar refractivity (Wildman–Crippen MR) is 90.2 cm³/mol. The van der Waals surface area contributed by atoms with E-state index in [1.807, 2.05) is 0 Å². The van der Waals surface area contributed by atoms with Gasteiger partial charge < -0.3 is 15.5 Å². The Balaban J connectivity index is 1.58. The van der Waals surface area contributed by atoms with Crippen molar-refractivity contribution in [1.82, 2.24) is 10.2 Å². The van der Waals surface area contributed by atoms with Gasteiger partial charge in [0.15, 0.2) is 0 Å². The molecule has 1 saturated carbocycles. The average Bonchev–Trinajstić information content (AvgIpc) is 3.08. The van der Waals surface area contributed by atoms with Gasteiger partial charge in [0.2, 0.25) is 5.91 Å². The maximum Gasteiger partial charge on any atom is 0.322 e. The molecule has 1 aromatic carbocycles. The van der Waals surface area contributed by atoms with Gasteiger partial charge in [-0.15, -0.1) is 0 Å². The first-order chi connectivity index (χ1) is 11.6. The van der Waals surface area contributed by atoms with Crippen molar-refractivity contribution in [1.29, 1.82) is 0 Å². The molecule has 1 atom stereocenters. The first kappa shape index (κ1) is 16.7. The number of carbonyl (C=O) groups is 2. The number of nitrogens with one attached hydrogen (secondary N) is 2. The minimum atomic E-state index is -0.410. The molecule has 1 saturated heterocycles. The lowest BCUT2D eigenvalue weighted by molar-refractivity contribution is -0.125. The fourth-order valence-electron chi connectivity index (χ4n) is 3.56. The molecule has 130 valence electrons. The van der Waals surface area contributed by atoms with E-state index in [2.05, 4.69) is 10.6 Å². The number of hydrogen-bond donors (Lipinski definition) is 2. The number of nitrogens with zero attached hydrogens (tertiary/aromatic N) is 1. The van der Waals surface area contributed by atoms with E-state index in [4.69, 9.17) is 0 Å². The second-order valence-corrected chi connectivity index (χ2v) is 6.63. The van der Waals surface area contributed by atoms with E-state index in [-0.39, 0.29) is 23.8 Å². The molecule has 24 heavy (non-hydrogen) atoms. The van der Waals surface area contributed by atoms with Crippen molar-refractivity contribution >= 4 is 17.6 Å². The molecule has 3 amide bonds. The Morgan fingerprint density at radius 1 is 1.00 bits per heavy atom. The highest BCUT2D eigenvalue weighted by Crippen LogP contribution is 2.22. The number of benzene rings is 1. The van der Waals surface area contributed by atoms with Gasteiger partial charge in [-0.05, 0) is 49.9 Å². The summed E-state index contributed by atoms with van der Waals surface area (Å²) in [6.07, 6.45) is 7.12. The lowest BCUT2D eigenvalue weighted by Crippen LogP contribution is -2.50. The molecule has 1 heterocycles. The fraction of sp³-hybridized carbons (Fsp3) is 0.556. The van der Waals surface area contributed by atoms with Gasteiger partial charge >= 0.3 is 6.03 Å². The van der Waals surface area contributed by atoms with Crippen LogP contribution < -0.4 is 10.6 Å². The Bertz CT molecular complexity index is 584. The molecule has 2 N–H and O–H groups in total. The number of amides is 3. The molecule has 3 rings (SSSR count). The van der Waals surface area contributed by atoms with Crippen LogP contribution in [0.3, 0.4) is 0 Å². The maximum absolute atomic E-state index is 12.9. The van der Waals surface area contributed by atoms with Crippen molar-refractivity contribution in [2.45, 2.75) is 57.0 Å². The molecule has 2 aliphatic rings. The summed E-state index contributed by atoms with van der Waals surface area (Å²) in [6.45, 7) is 0.565. The molecule has 1 unspecified atom stereocenters. The molecule has 5 nitrogen and oxygen atoms in total. The summed E-state index contributed by atoms with van der Waals surface area (Å²) in [5.74, 6) is -0.396. The van der Waals surface area contributed by atoms with Crippen molar-refractivity contribution in [3.05, 3.63) is 30.1 Å². The van der Waals surface area contributed by atoms with Crippen molar-refractivity contribution < 1.29 is 14.0 Å². The highest BCUT2D eigenvalue weighted by atomic mass is 19.1. The van der Waals surface area contributed by atoms with Crippen LogP contribution in [0.5, 0.6) is 0 Å². The van der Waals surface area contributed by atoms with Gasteiger partial charge in [0.05, 0.1) is 0 Å². The van der Waals surface area contributed by atoms with Gasteiger partial charge in [0, 0.05) is 18.3 Å². The quantitative estimate of drug-likeness (QED) is 0.892. The Kier molecular flexibility index (Phi) is 5.33. The molecular formula is C18H24FN3O2. The SMILES string of the molecule is O=C(NC1CCCCC1)C1CCCN1C(=O)Nc1ccc(F)cc1. The van der Waals surface area contributed by atoms with Crippen LogP contribution >= 0.6 is 0 Å². The van der Waals surface area contributed by atoms with Crippen molar-refractivity contribution in [3.63, 3.8) is 0 Å². The lowest BCUT2D eigenvalue weighted by atomic mass is 9.95. The highest BCUT2D eigenvalue weighted by molar-refractivity contribution is 5.94. The molecular weight excluding hydrogens is 309 g/mol. The van der Waals surface area contributed by atoms with Crippen LogP contribution in [-0.4, -0.2) is 35.5 Å². The van der Waals surface area contributed by atoms with Crippen molar-refractivity contribution in [2.24, 2.45) is 0 Å². The third kappa shape index (κ3) is 4.04. The van der Waals surface area contributed by atoms with Gasteiger partial charge in [-0.25, -0.2) is 9.18 Å². The molecule has 1 aromatic rings. The highest BCUT2D eigenvalue weighted by Gasteiger charge is 2.35. The van der Waals surface area contributed by atoms with Gasteiger partial charge in [-0.3, -0.25) is 4.79 Å². The van der Waals surface area contributed by atoms with Gasteiger partial charge in [0.1, 0.15) is 11.9 Å². The largest absolute Gasteiger partial charge is 0.352 e. The fourth-order valence-corrected chi connectivity index (χ4v) is 3.56. The molecule has 2 fully saturated rings. The molecule has 0 radical (unpaired) electrons. The van der Waals surface area contributed by atoms with Crippen LogP contribution in [0.15, 0.2) is 24.3 Å². The molecule has 1 aliphatic carbocycles. The number of anilines is 1. The standard InChI is InChI=1S/C18H24FN3O2/c19-13-8-10-15(11-9-13)21-18(24)22-12-4-7-16(22)17(23)20-14-5-2-1-3-6-14/h8-11,14,16H,1-7,12H2,(H,20,23)(H,21,24). The molecule has 0 bridgehead atoms. The van der Waals surface area contributed by atoms with E-state index in [1.54, 1.807) is 4.90 Å². The number of urea groups is 1. The van der Waals surface area contributed by atoms with E-state index in [0.717, 1.165) is 32.1 Å². The Labute approximate surface area is 141 Å². The Morgan fingerprint density at radius 3 is 2.42 bits per heavy atom. The third-order valence-electron chi connectivity index (χ3n) is 4.86. The van der Waals surface area contributed by atoms with Gasteiger partial charge in [-0.1, -0.05) is 19.3 Å². The number of carbonyl (C=O) groups excluding carboxylic acids is 2. The number of rotatable bonds is 3. The number of halogens is 1. The minimum absolute atomic E-state index is 0.0475. The smallest absolute Gasteiger partial charge is 0.322 e. The van der Waals surface area contributed by atoms with Crippen LogP contribution in [0.1, 0.15) is 44.9 Å². The van der Waals surface area contributed by atoms with Crippen LogP contribution in [0.2, 0.25) is 0 Å². The van der Waals surface area contributed by atoms with E-state index < -0.39 is 6.04 Å². The van der Waals surface area contributed by atoms with E-state index in [9.17, 15) is 14.0 Å². The topological polar surface area (TPSA) is 61.4 Å². The van der Waals surface area contributed by atoms with E-state index in [0.29, 0.717) is 18.7 Å². The zero-order valence-electron chi connectivity index (χ0n) is 13.8. The zero-order chi connectivity index (χ0) is 16.9. The summed E-state index contributed by atoms with van der Waals surface area (Å²) < 4.78 is 12.9. The van der Waals surface area contributed by atoms with Crippen LogP contribution in [0.4, 0.5) is 14.9 Å². The first-order valence-electron chi connectivity index (χ1n) is 8.77. The molecule has 6 heteroatoms. The normalized spacial score (nSPS) is 21.5. The monoisotopic (exact) mass is 333 g/mol. The second kappa shape index (κ2) is 7.64. The van der Waals surface area contributed by atoms with Crippen molar-refractivity contribution in [3.8, 4) is 0 Å². The summed E-state index contributed by atoms with van der Waals surface area (Å²) in [5, 5.41) is 5.85. The molecule has 1 aliphatic heterocycles. The van der Waals surface area contributed by atoms with Gasteiger partial charge in [0.25, 0.3) is 0 Å². The summed E-state index contributed by atoms with van der Waals surface area (Å²) >= 11 is 0. The maximum atomic E-state index is 12.9. The number of likely N-dealkylation sites (tertiary alicyclic amines) is 1. The number of hydrogen-bond acceptors (Lipinski definition) is 2. The van der Waals surface area contributed by atoms with E-state index >= 15 is 0 Å². The van der Waals surface area contributed by atoms with E-state index in [1.165, 1.54) is 30.7 Å². The summed E-state index contributed by atoms with van der Waals surface area (Å²) in [7, 11) is 0. The average molecular weight is 333 g/mol. The Morgan fingerprint density at radius 2 is 1.71 bits per heavy atom.